The van der Waals surface area contributed by atoms with Crippen LogP contribution < -0.4 is 5.73 Å². The van der Waals surface area contributed by atoms with Gasteiger partial charge in [-0.1, -0.05) is 12.8 Å². The summed E-state index contributed by atoms with van der Waals surface area (Å²) < 4.78 is 5.31. The van der Waals surface area contributed by atoms with Crippen molar-refractivity contribution in [2.75, 3.05) is 26.2 Å². The third-order valence-electron chi connectivity index (χ3n) is 4.29. The van der Waals surface area contributed by atoms with Gasteiger partial charge in [-0.3, -0.25) is 4.79 Å². The van der Waals surface area contributed by atoms with Crippen molar-refractivity contribution in [2.24, 2.45) is 11.1 Å². The molecule has 0 aromatic heterocycles. The quantitative estimate of drug-likeness (QED) is 0.745. The summed E-state index contributed by atoms with van der Waals surface area (Å²) in [5.41, 5.74) is 4.89. The molecule has 0 radical (unpaired) electrons. The number of carboxylic acid groups (broad SMARTS) is 1. The molecule has 0 spiro atoms. The number of hydrogen-bond donors (Lipinski definition) is 2. The van der Waals surface area contributed by atoms with E-state index >= 15 is 0 Å². The Morgan fingerprint density at radius 3 is 2.37 bits per heavy atom. The summed E-state index contributed by atoms with van der Waals surface area (Å²) in [5.74, 6) is -0.871. The van der Waals surface area contributed by atoms with Gasteiger partial charge in [-0.25, -0.2) is 4.79 Å². The van der Waals surface area contributed by atoms with Crippen LogP contribution in [0, 0.1) is 5.41 Å². The molecular weight excluding hydrogens is 248 g/mol. The minimum absolute atomic E-state index is 0.115. The number of carbonyl (C=O) groups is 2. The average Bonchev–Trinajstić information content (AvgIpc) is 2.82. The number of ether oxygens (including phenoxy) is 1. The predicted octanol–water partition coefficient (Wildman–Crippen LogP) is 0.208. The van der Waals surface area contributed by atoms with E-state index in [0.717, 1.165) is 25.7 Å². The summed E-state index contributed by atoms with van der Waals surface area (Å²) in [6.45, 7) is 2.83. The van der Waals surface area contributed by atoms with E-state index in [1.807, 2.05) is 6.92 Å². The molecule has 1 aliphatic heterocycles. The monoisotopic (exact) mass is 270 g/mol. The standard InChI is InChI=1S/C13H22N2O4/c1-12(19-6-10(16)17)8-15(9-12)11(18)13(7-14)4-2-3-5-13/h2-9,14H2,1H3,(H,16,17). The molecule has 2 aliphatic rings. The van der Waals surface area contributed by atoms with Crippen molar-refractivity contribution in [3.63, 3.8) is 0 Å². The second-order valence-corrected chi connectivity index (χ2v) is 5.99. The Hall–Kier alpha value is -1.14. The second kappa shape index (κ2) is 5.09. The highest BCUT2D eigenvalue weighted by molar-refractivity contribution is 5.84. The summed E-state index contributed by atoms with van der Waals surface area (Å²) in [5, 5.41) is 8.60. The van der Waals surface area contributed by atoms with Crippen LogP contribution in [-0.2, 0) is 14.3 Å². The average molecular weight is 270 g/mol. The van der Waals surface area contributed by atoms with Crippen molar-refractivity contribution < 1.29 is 19.4 Å². The number of nitrogens with two attached hydrogens (primary N) is 1. The smallest absolute Gasteiger partial charge is 0.329 e. The van der Waals surface area contributed by atoms with Crippen molar-refractivity contribution in [1.29, 1.82) is 0 Å². The molecule has 0 aromatic carbocycles. The Labute approximate surface area is 112 Å². The van der Waals surface area contributed by atoms with Crippen LogP contribution in [0.3, 0.4) is 0 Å². The summed E-state index contributed by atoms with van der Waals surface area (Å²) in [6.07, 6.45) is 3.85. The van der Waals surface area contributed by atoms with E-state index in [1.165, 1.54) is 0 Å². The van der Waals surface area contributed by atoms with E-state index in [0.29, 0.717) is 19.6 Å². The van der Waals surface area contributed by atoms with Gasteiger partial charge in [0.1, 0.15) is 12.2 Å². The molecule has 1 aliphatic carbocycles. The van der Waals surface area contributed by atoms with Crippen LogP contribution in [-0.4, -0.2) is 53.7 Å². The summed E-state index contributed by atoms with van der Waals surface area (Å²) in [7, 11) is 0. The van der Waals surface area contributed by atoms with Gasteiger partial charge >= 0.3 is 5.97 Å². The first-order chi connectivity index (χ1) is 8.91. The van der Waals surface area contributed by atoms with E-state index in [1.54, 1.807) is 4.90 Å². The second-order valence-electron chi connectivity index (χ2n) is 5.99. The maximum Gasteiger partial charge on any atom is 0.329 e. The third-order valence-corrected chi connectivity index (χ3v) is 4.29. The van der Waals surface area contributed by atoms with Crippen LogP contribution in [0.4, 0.5) is 0 Å². The molecular formula is C13H22N2O4. The molecule has 0 aromatic rings. The number of carbonyl (C=O) groups excluding carboxylic acids is 1. The molecule has 1 amide bonds. The molecule has 2 fully saturated rings. The van der Waals surface area contributed by atoms with E-state index in [4.69, 9.17) is 15.6 Å². The van der Waals surface area contributed by atoms with Gasteiger partial charge in [0.2, 0.25) is 5.91 Å². The fraction of sp³-hybridized carbons (Fsp3) is 0.846. The fourth-order valence-electron chi connectivity index (χ4n) is 3.12. The summed E-state index contributed by atoms with van der Waals surface area (Å²) in [6, 6.07) is 0. The van der Waals surface area contributed by atoms with E-state index in [-0.39, 0.29) is 17.9 Å². The van der Waals surface area contributed by atoms with Crippen molar-refractivity contribution in [3.8, 4) is 0 Å². The van der Waals surface area contributed by atoms with E-state index in [2.05, 4.69) is 0 Å². The zero-order valence-corrected chi connectivity index (χ0v) is 11.4. The van der Waals surface area contributed by atoms with Crippen LogP contribution in [0.25, 0.3) is 0 Å². The number of aliphatic carboxylic acids is 1. The number of nitrogens with zero attached hydrogens (tertiary/aromatic N) is 1. The SMILES string of the molecule is CC1(OCC(=O)O)CN(C(=O)C2(CN)CCCC2)C1. The Bertz CT molecular complexity index is 371. The lowest BCUT2D eigenvalue weighted by Gasteiger charge is -2.49. The first-order valence-corrected chi connectivity index (χ1v) is 6.76. The molecule has 6 heteroatoms. The van der Waals surface area contributed by atoms with Crippen LogP contribution in [0.5, 0.6) is 0 Å². The molecule has 0 unspecified atom stereocenters. The highest BCUT2D eigenvalue weighted by atomic mass is 16.5. The minimum atomic E-state index is -0.986. The van der Waals surface area contributed by atoms with Crippen molar-refractivity contribution in [3.05, 3.63) is 0 Å². The molecule has 2 rings (SSSR count). The normalized spacial score (nSPS) is 24.0. The van der Waals surface area contributed by atoms with Gasteiger partial charge in [0.15, 0.2) is 0 Å². The highest BCUT2D eigenvalue weighted by Crippen LogP contribution is 2.41. The molecule has 3 N–H and O–H groups in total. The molecule has 6 nitrogen and oxygen atoms in total. The lowest BCUT2D eigenvalue weighted by Crippen LogP contribution is -2.66. The summed E-state index contributed by atoms with van der Waals surface area (Å²) >= 11 is 0. The topological polar surface area (TPSA) is 92.9 Å². The number of likely N-dealkylation sites (tertiary alicyclic amines) is 1. The molecule has 1 saturated carbocycles. The largest absolute Gasteiger partial charge is 0.480 e. The zero-order chi connectivity index (χ0) is 14.1. The van der Waals surface area contributed by atoms with Crippen LogP contribution in [0.1, 0.15) is 32.6 Å². The molecule has 1 heterocycles. The Balaban J connectivity index is 1.89. The number of rotatable bonds is 5. The van der Waals surface area contributed by atoms with Gasteiger partial charge in [-0.2, -0.15) is 0 Å². The van der Waals surface area contributed by atoms with E-state index in [9.17, 15) is 9.59 Å². The molecule has 19 heavy (non-hydrogen) atoms. The lowest BCUT2D eigenvalue weighted by atomic mass is 9.82. The Kier molecular flexibility index (Phi) is 3.82. The third kappa shape index (κ3) is 2.74. The van der Waals surface area contributed by atoms with Gasteiger partial charge < -0.3 is 20.5 Å². The first-order valence-electron chi connectivity index (χ1n) is 6.76. The van der Waals surface area contributed by atoms with Gasteiger partial charge in [-0.15, -0.1) is 0 Å². The van der Waals surface area contributed by atoms with Crippen molar-refractivity contribution in [1.82, 2.24) is 4.90 Å². The Morgan fingerprint density at radius 1 is 1.32 bits per heavy atom. The maximum absolute atomic E-state index is 12.5. The first kappa shape index (κ1) is 14.3. The fourth-order valence-corrected chi connectivity index (χ4v) is 3.12. The number of amides is 1. The van der Waals surface area contributed by atoms with Gasteiger partial charge in [0.25, 0.3) is 0 Å². The number of hydrogen-bond acceptors (Lipinski definition) is 4. The van der Waals surface area contributed by atoms with Crippen LogP contribution in [0.15, 0.2) is 0 Å². The number of carboxylic acids is 1. The molecule has 1 saturated heterocycles. The van der Waals surface area contributed by atoms with E-state index < -0.39 is 11.6 Å². The van der Waals surface area contributed by atoms with Gasteiger partial charge in [0, 0.05) is 6.54 Å². The minimum Gasteiger partial charge on any atom is -0.480 e. The summed E-state index contributed by atoms with van der Waals surface area (Å²) in [4.78, 5) is 24.7. The van der Waals surface area contributed by atoms with Crippen molar-refractivity contribution in [2.45, 2.75) is 38.2 Å². The zero-order valence-electron chi connectivity index (χ0n) is 11.4. The van der Waals surface area contributed by atoms with Crippen molar-refractivity contribution >= 4 is 11.9 Å². The maximum atomic E-state index is 12.5. The van der Waals surface area contributed by atoms with Crippen LogP contribution in [0.2, 0.25) is 0 Å². The predicted molar refractivity (Wildman–Crippen MR) is 68.5 cm³/mol. The van der Waals surface area contributed by atoms with Crippen LogP contribution >= 0.6 is 0 Å². The molecule has 108 valence electrons. The highest BCUT2D eigenvalue weighted by Gasteiger charge is 2.49. The lowest BCUT2D eigenvalue weighted by molar-refractivity contribution is -0.179. The van der Waals surface area contributed by atoms with Gasteiger partial charge in [0.05, 0.1) is 18.5 Å². The molecule has 0 atom stereocenters. The molecule has 0 bridgehead atoms. The Morgan fingerprint density at radius 2 is 1.89 bits per heavy atom. The van der Waals surface area contributed by atoms with Gasteiger partial charge in [-0.05, 0) is 19.8 Å².